The van der Waals surface area contributed by atoms with Crippen LogP contribution in [-0.2, 0) is 34.4 Å². The first kappa shape index (κ1) is 37.7. The summed E-state index contributed by atoms with van der Waals surface area (Å²) in [4.78, 5) is 43.6. The molecule has 0 saturated carbocycles. The lowest BCUT2D eigenvalue weighted by Gasteiger charge is -2.15. The van der Waals surface area contributed by atoms with Crippen LogP contribution in [0.5, 0.6) is 23.0 Å². The van der Waals surface area contributed by atoms with Gasteiger partial charge in [0.15, 0.2) is 17.2 Å². The van der Waals surface area contributed by atoms with E-state index >= 15 is 0 Å². The first-order chi connectivity index (χ1) is 23.8. The fourth-order valence-electron chi connectivity index (χ4n) is 3.92. The molecule has 0 saturated heterocycles. The van der Waals surface area contributed by atoms with Crippen molar-refractivity contribution >= 4 is 85.6 Å². The predicted molar refractivity (Wildman–Crippen MR) is 165 cm³/mol. The Kier molecular flexibility index (Phi) is 11.0. The van der Waals surface area contributed by atoms with E-state index in [9.17, 15) is 65.9 Å². The molecule has 3 aromatic carbocycles. The molecule has 4 rings (SSSR count). The molecule has 0 atom stereocenters. The Labute approximate surface area is 286 Å². The summed E-state index contributed by atoms with van der Waals surface area (Å²) >= 11 is 0.163. The molecule has 0 unspecified atom stereocenters. The average Bonchev–Trinajstić information content (AvgIpc) is 3.02. The van der Waals surface area contributed by atoms with Gasteiger partial charge in [0.2, 0.25) is 17.8 Å². The minimum absolute atomic E-state index is 0.163. The van der Waals surface area contributed by atoms with Crippen molar-refractivity contribution in [2.45, 2.75) is 14.7 Å². The quantitative estimate of drug-likeness (QED) is 0.0205. The van der Waals surface area contributed by atoms with Crippen molar-refractivity contribution in [3.05, 3.63) is 47.5 Å². The van der Waals surface area contributed by atoms with E-state index in [1.54, 1.807) is 0 Å². The van der Waals surface area contributed by atoms with Gasteiger partial charge in [0.1, 0.15) is 26.7 Å². The number of phenols is 3. The Morgan fingerprint density at radius 1 is 0.686 bits per heavy atom. The van der Waals surface area contributed by atoms with Crippen LogP contribution in [0.2, 0.25) is 0 Å². The van der Waals surface area contributed by atoms with E-state index in [0.29, 0.717) is 18.2 Å². The number of benzene rings is 3. The summed E-state index contributed by atoms with van der Waals surface area (Å²) in [5.41, 5.74) is -2.79. The van der Waals surface area contributed by atoms with Crippen molar-refractivity contribution in [1.29, 1.82) is 0 Å². The van der Waals surface area contributed by atoms with E-state index in [1.807, 2.05) is 0 Å². The number of phenolic OH excluding ortho intramolecular Hbond substituents is 1. The molecule has 0 bridgehead atoms. The third-order valence-corrected chi connectivity index (χ3v) is 8.29. The van der Waals surface area contributed by atoms with Gasteiger partial charge in [0.05, 0.1) is 16.9 Å². The summed E-state index contributed by atoms with van der Waals surface area (Å²) < 4.78 is 75.3. The molecule has 0 aliphatic carbocycles. The number of carboxylic acids is 2. The summed E-state index contributed by atoms with van der Waals surface area (Å²) in [5.74, 6) is -9.32. The maximum Gasteiger partial charge on any atom is 0.339 e. The highest BCUT2D eigenvalue weighted by Crippen LogP contribution is 2.39. The molecule has 0 fully saturated rings. The van der Waals surface area contributed by atoms with Gasteiger partial charge in [-0.15, -0.1) is 4.33 Å². The number of hydrogen-bond donors (Lipinski definition) is 11. The molecule has 0 aliphatic heterocycles. The molecule has 1 heterocycles. The van der Waals surface area contributed by atoms with Crippen LogP contribution in [0.3, 0.4) is 0 Å². The van der Waals surface area contributed by atoms with Crippen LogP contribution in [0.15, 0.2) is 51.1 Å². The van der Waals surface area contributed by atoms with Crippen LogP contribution in [-0.4, -0.2) is 90.1 Å². The van der Waals surface area contributed by atoms with Gasteiger partial charge in [-0.25, -0.2) is 14.8 Å². The second-order valence-electron chi connectivity index (χ2n) is 9.24. The number of aromatic nitrogens is 3. The number of rotatable bonds is 15. The molecule has 24 nitrogen and oxygen atoms in total. The Morgan fingerprint density at radius 2 is 1.12 bits per heavy atom. The summed E-state index contributed by atoms with van der Waals surface area (Å²) in [6, 6.07) is 4.73. The standard InChI is InChI=1S/C24H18N6O18S3/c31-7-46-13-3-10(6-16(19(13)34)51(43,44)45)27-24-29-22(25-8-1-11(20(35)36)17(32)14(4-8)49-48-47-39)28-23(30-24)26-9-2-12(21(37)38)18(33)15(5-9)50(40,41)42/h1-7,32-34,39H,(H,35,36)(H,37,38)(H,40,41,42)(H,43,44,45)(H3,25,26,27,28,29,30). The highest BCUT2D eigenvalue weighted by Gasteiger charge is 2.25. The topological polar surface area (TPSA) is 384 Å². The molecular formula is C24H18N6O18S3. The van der Waals surface area contributed by atoms with Crippen LogP contribution < -0.4 is 20.7 Å². The molecule has 11 N–H and O–H groups in total. The molecule has 0 spiro atoms. The summed E-state index contributed by atoms with van der Waals surface area (Å²) in [5, 5.41) is 68.8. The van der Waals surface area contributed by atoms with Gasteiger partial charge in [-0.3, -0.25) is 13.9 Å². The SMILES string of the molecule is O=COc1cc(Nc2nc(Nc3cc(SOOO)c(O)c(C(=O)O)c3)nc(Nc3cc(C(=O)O)c(O)c(S(=O)(=O)O)c3)n2)cc(S(=O)(=O)O)c1O. The second kappa shape index (κ2) is 14.8. The molecule has 270 valence electrons. The van der Waals surface area contributed by atoms with Gasteiger partial charge in [0.25, 0.3) is 26.7 Å². The third-order valence-electron chi connectivity index (χ3n) is 5.94. The van der Waals surface area contributed by atoms with Gasteiger partial charge in [0, 0.05) is 23.1 Å². The minimum Gasteiger partial charge on any atom is -0.506 e. The van der Waals surface area contributed by atoms with E-state index in [2.05, 4.69) is 45.0 Å². The van der Waals surface area contributed by atoms with Gasteiger partial charge in [-0.05, 0) is 30.3 Å². The van der Waals surface area contributed by atoms with Crippen LogP contribution in [0.25, 0.3) is 0 Å². The smallest absolute Gasteiger partial charge is 0.339 e. The summed E-state index contributed by atoms with van der Waals surface area (Å²) in [6.07, 6.45) is 0. The Hall–Kier alpha value is -6.07. The molecule has 0 radical (unpaired) electrons. The Bertz CT molecular complexity index is 2290. The molecule has 0 amide bonds. The number of carbonyl (C=O) groups excluding carboxylic acids is 1. The number of nitrogens with one attached hydrogen (secondary N) is 3. The molecule has 51 heavy (non-hydrogen) atoms. The molecular weight excluding hydrogens is 756 g/mol. The number of hydrogen-bond acceptors (Lipinski definition) is 21. The van der Waals surface area contributed by atoms with Crippen molar-refractivity contribution in [3.63, 3.8) is 0 Å². The Balaban J connectivity index is 1.90. The van der Waals surface area contributed by atoms with Gasteiger partial charge in [-0.2, -0.15) is 31.8 Å². The van der Waals surface area contributed by atoms with Crippen LogP contribution in [0.4, 0.5) is 34.9 Å². The van der Waals surface area contributed by atoms with Crippen molar-refractivity contribution in [3.8, 4) is 23.0 Å². The van der Waals surface area contributed by atoms with Crippen molar-refractivity contribution < 1.29 is 85.2 Å². The number of aromatic carboxylic acids is 2. The van der Waals surface area contributed by atoms with Crippen molar-refractivity contribution in [2.24, 2.45) is 0 Å². The number of carbonyl (C=O) groups is 3. The van der Waals surface area contributed by atoms with E-state index in [1.165, 1.54) is 0 Å². The predicted octanol–water partition coefficient (Wildman–Crippen LogP) is 2.07. The molecule has 4 aromatic rings. The maximum absolute atomic E-state index is 11.9. The monoisotopic (exact) mass is 774 g/mol. The van der Waals surface area contributed by atoms with Gasteiger partial charge in [-0.1, -0.05) is 5.04 Å². The largest absolute Gasteiger partial charge is 0.506 e. The van der Waals surface area contributed by atoms with Crippen LogP contribution in [0.1, 0.15) is 20.7 Å². The minimum atomic E-state index is -5.22. The molecule has 27 heteroatoms. The fraction of sp³-hybridized carbons (Fsp3) is 0. The first-order valence-electron chi connectivity index (χ1n) is 12.7. The maximum atomic E-state index is 11.9. The van der Waals surface area contributed by atoms with E-state index in [0.717, 1.165) is 18.2 Å². The number of carboxylic acid groups (broad SMARTS) is 2. The van der Waals surface area contributed by atoms with E-state index in [4.69, 9.17) is 5.26 Å². The zero-order valence-electron chi connectivity index (χ0n) is 24.3. The fourth-order valence-corrected chi connectivity index (χ4v) is 5.64. The third kappa shape index (κ3) is 8.94. The first-order valence-corrected chi connectivity index (χ1v) is 16.3. The van der Waals surface area contributed by atoms with Crippen molar-refractivity contribution in [1.82, 2.24) is 15.0 Å². The number of aromatic hydroxyl groups is 3. The summed E-state index contributed by atoms with van der Waals surface area (Å²) in [7, 11) is -10.4. The second-order valence-corrected chi connectivity index (χ2v) is 12.8. The van der Waals surface area contributed by atoms with Crippen molar-refractivity contribution in [2.75, 3.05) is 16.0 Å². The summed E-state index contributed by atoms with van der Waals surface area (Å²) in [6.45, 7) is -0.184. The lowest BCUT2D eigenvalue weighted by Crippen LogP contribution is -2.10. The van der Waals surface area contributed by atoms with Crippen LogP contribution in [0, 0.1) is 0 Å². The zero-order valence-corrected chi connectivity index (χ0v) is 26.7. The highest BCUT2D eigenvalue weighted by molar-refractivity contribution is 7.94. The number of nitrogens with zero attached hydrogens (tertiary/aromatic N) is 3. The molecule has 0 aliphatic rings. The van der Waals surface area contributed by atoms with E-state index in [-0.39, 0.29) is 34.8 Å². The normalized spacial score (nSPS) is 11.4. The highest BCUT2D eigenvalue weighted by atomic mass is 32.2. The lowest BCUT2D eigenvalue weighted by molar-refractivity contribution is -0.432. The average molecular weight is 775 g/mol. The van der Waals surface area contributed by atoms with Crippen LogP contribution >= 0.6 is 12.0 Å². The number of anilines is 6. The zero-order chi connectivity index (χ0) is 37.8. The van der Waals surface area contributed by atoms with E-state index < -0.39 is 99.6 Å². The Morgan fingerprint density at radius 3 is 1.55 bits per heavy atom. The lowest BCUT2D eigenvalue weighted by atomic mass is 10.1. The van der Waals surface area contributed by atoms with Gasteiger partial charge < -0.3 is 46.2 Å². The molecule has 1 aromatic heterocycles. The number of ether oxygens (including phenoxy) is 1. The van der Waals surface area contributed by atoms with Gasteiger partial charge >= 0.3 is 11.9 Å².